The van der Waals surface area contributed by atoms with Gasteiger partial charge in [-0.15, -0.1) is 0 Å². The van der Waals surface area contributed by atoms with Gasteiger partial charge in [-0.2, -0.15) is 0 Å². The van der Waals surface area contributed by atoms with Crippen LogP contribution in [0.2, 0.25) is 0 Å². The first-order valence-electron chi connectivity index (χ1n) is 7.69. The van der Waals surface area contributed by atoms with Crippen LogP contribution in [-0.4, -0.2) is 35.3 Å². The molecule has 0 unspecified atom stereocenters. The zero-order valence-corrected chi connectivity index (χ0v) is 13.9. The Morgan fingerprint density at radius 2 is 1.91 bits per heavy atom. The maximum atomic E-state index is 12.1. The second-order valence-corrected chi connectivity index (χ2v) is 7.09. The summed E-state index contributed by atoms with van der Waals surface area (Å²) in [6, 6.07) is 7.44. The molecule has 1 aliphatic heterocycles. The summed E-state index contributed by atoms with van der Waals surface area (Å²) in [5.74, 6) is 0.771. The Bertz CT molecular complexity index is 529. The highest BCUT2D eigenvalue weighted by molar-refractivity contribution is 5.68. The maximum Gasteiger partial charge on any atom is 0.410 e. The van der Waals surface area contributed by atoms with Crippen molar-refractivity contribution in [1.82, 2.24) is 4.90 Å². The highest BCUT2D eigenvalue weighted by atomic mass is 16.6. The lowest BCUT2D eigenvalue weighted by Crippen LogP contribution is -2.49. The fourth-order valence-electron chi connectivity index (χ4n) is 2.45. The van der Waals surface area contributed by atoms with E-state index in [9.17, 15) is 4.79 Å². The molecule has 0 aliphatic carbocycles. The van der Waals surface area contributed by atoms with Crippen LogP contribution in [-0.2, 0) is 4.74 Å². The first kappa shape index (κ1) is 16.5. The van der Waals surface area contributed by atoms with Crippen molar-refractivity contribution in [3.05, 3.63) is 24.3 Å². The third-order valence-electron chi connectivity index (χ3n) is 3.70. The minimum absolute atomic E-state index is 0.251. The number of hydrogen-bond acceptors (Lipinski definition) is 4. The predicted molar refractivity (Wildman–Crippen MR) is 86.9 cm³/mol. The molecule has 0 spiro atoms. The van der Waals surface area contributed by atoms with Gasteiger partial charge in [-0.3, -0.25) is 0 Å². The molecule has 5 heteroatoms. The molecule has 1 aromatic carbocycles. The Hall–Kier alpha value is -1.91. The highest BCUT2D eigenvalue weighted by Gasteiger charge is 2.35. The van der Waals surface area contributed by atoms with Crippen LogP contribution in [0.25, 0.3) is 0 Å². The van der Waals surface area contributed by atoms with Gasteiger partial charge in [-0.25, -0.2) is 4.79 Å². The summed E-state index contributed by atoms with van der Waals surface area (Å²) in [7, 11) is 0. The van der Waals surface area contributed by atoms with E-state index >= 15 is 0 Å². The third-order valence-corrected chi connectivity index (χ3v) is 3.70. The van der Waals surface area contributed by atoms with Crippen LogP contribution in [0.4, 0.5) is 10.5 Å². The number of anilines is 1. The van der Waals surface area contributed by atoms with Crippen molar-refractivity contribution in [2.24, 2.45) is 0 Å². The molecular weight excluding hydrogens is 280 g/mol. The van der Waals surface area contributed by atoms with Gasteiger partial charge >= 0.3 is 6.09 Å². The van der Waals surface area contributed by atoms with Crippen molar-refractivity contribution in [3.63, 3.8) is 0 Å². The van der Waals surface area contributed by atoms with E-state index in [0.29, 0.717) is 18.8 Å². The monoisotopic (exact) mass is 306 g/mol. The van der Waals surface area contributed by atoms with Crippen LogP contribution in [0.15, 0.2) is 24.3 Å². The van der Waals surface area contributed by atoms with Gasteiger partial charge in [0.05, 0.1) is 0 Å². The lowest BCUT2D eigenvalue weighted by atomic mass is 9.93. The number of carbonyl (C=O) groups is 1. The molecule has 2 N–H and O–H groups in total. The molecule has 0 bridgehead atoms. The highest BCUT2D eigenvalue weighted by Crippen LogP contribution is 2.29. The lowest BCUT2D eigenvalue weighted by molar-refractivity contribution is -0.00978. The van der Waals surface area contributed by atoms with Crippen LogP contribution in [0, 0.1) is 0 Å². The third kappa shape index (κ3) is 4.55. The smallest absolute Gasteiger partial charge is 0.410 e. The average molecular weight is 306 g/mol. The molecule has 0 aromatic heterocycles. The van der Waals surface area contributed by atoms with Gasteiger partial charge in [0, 0.05) is 37.7 Å². The molecule has 2 rings (SSSR count). The van der Waals surface area contributed by atoms with Gasteiger partial charge in [0.25, 0.3) is 0 Å². The molecule has 0 saturated carbocycles. The number of amides is 1. The van der Waals surface area contributed by atoms with E-state index in [-0.39, 0.29) is 11.7 Å². The second kappa shape index (κ2) is 6.07. The summed E-state index contributed by atoms with van der Waals surface area (Å²) in [6.45, 7) is 8.97. The minimum Gasteiger partial charge on any atom is -0.487 e. The quantitative estimate of drug-likeness (QED) is 0.850. The van der Waals surface area contributed by atoms with Crippen molar-refractivity contribution in [2.75, 3.05) is 18.8 Å². The standard InChI is InChI=1S/C17H26N2O3/c1-16(2,3)22-15(20)19-10-8-17(4,9-11-19)21-14-7-5-6-13(18)12-14/h5-7,12H,8-11,18H2,1-4H3. The second-order valence-electron chi connectivity index (χ2n) is 7.09. The molecule has 122 valence electrons. The molecule has 5 nitrogen and oxygen atoms in total. The van der Waals surface area contributed by atoms with E-state index in [0.717, 1.165) is 18.6 Å². The Labute approximate surface area is 132 Å². The summed E-state index contributed by atoms with van der Waals surface area (Å²) >= 11 is 0. The van der Waals surface area contributed by atoms with Crippen molar-refractivity contribution >= 4 is 11.8 Å². The summed E-state index contributed by atoms with van der Waals surface area (Å²) in [5.41, 5.74) is 5.72. The molecule has 1 fully saturated rings. The molecule has 1 aliphatic rings. The zero-order valence-electron chi connectivity index (χ0n) is 13.9. The fraction of sp³-hybridized carbons (Fsp3) is 0.588. The predicted octanol–water partition coefficient (Wildman–Crippen LogP) is 3.44. The SMILES string of the molecule is CC(C)(C)OC(=O)N1CCC(C)(Oc2cccc(N)c2)CC1. The number of benzene rings is 1. The summed E-state index contributed by atoms with van der Waals surface area (Å²) < 4.78 is 11.5. The zero-order chi connectivity index (χ0) is 16.4. The average Bonchev–Trinajstić information content (AvgIpc) is 2.36. The Balaban J connectivity index is 1.91. The van der Waals surface area contributed by atoms with Gasteiger partial charge in [0.15, 0.2) is 0 Å². The van der Waals surface area contributed by atoms with E-state index in [1.165, 1.54) is 0 Å². The number of nitrogens with two attached hydrogens (primary N) is 1. The fourth-order valence-corrected chi connectivity index (χ4v) is 2.45. The first-order chi connectivity index (χ1) is 10.2. The van der Waals surface area contributed by atoms with Crippen molar-refractivity contribution in [2.45, 2.75) is 51.7 Å². The van der Waals surface area contributed by atoms with Crippen LogP contribution in [0.3, 0.4) is 0 Å². The Morgan fingerprint density at radius 1 is 1.27 bits per heavy atom. The molecule has 1 heterocycles. The van der Waals surface area contributed by atoms with Crippen LogP contribution >= 0.6 is 0 Å². The molecule has 0 atom stereocenters. The number of hydrogen-bond donors (Lipinski definition) is 1. The first-order valence-corrected chi connectivity index (χ1v) is 7.69. The molecule has 1 aromatic rings. The number of piperidine rings is 1. The largest absolute Gasteiger partial charge is 0.487 e. The van der Waals surface area contributed by atoms with Gasteiger partial charge in [-0.05, 0) is 39.8 Å². The van der Waals surface area contributed by atoms with Crippen molar-refractivity contribution in [1.29, 1.82) is 0 Å². The topological polar surface area (TPSA) is 64.8 Å². The summed E-state index contributed by atoms with van der Waals surface area (Å²) in [6.07, 6.45) is 1.28. The maximum absolute atomic E-state index is 12.1. The van der Waals surface area contributed by atoms with Crippen molar-refractivity contribution < 1.29 is 14.3 Å². The van der Waals surface area contributed by atoms with Crippen LogP contribution in [0.1, 0.15) is 40.5 Å². The van der Waals surface area contributed by atoms with Crippen molar-refractivity contribution in [3.8, 4) is 5.75 Å². The van der Waals surface area contributed by atoms with E-state index in [4.69, 9.17) is 15.2 Å². The number of carbonyl (C=O) groups excluding carboxylic acids is 1. The van der Waals surface area contributed by atoms with E-state index in [2.05, 4.69) is 6.92 Å². The number of rotatable bonds is 2. The molecule has 0 radical (unpaired) electrons. The number of nitrogens with zero attached hydrogens (tertiary/aromatic N) is 1. The van der Waals surface area contributed by atoms with Crippen LogP contribution < -0.4 is 10.5 Å². The summed E-state index contributed by atoms with van der Waals surface area (Å²) in [5, 5.41) is 0. The lowest BCUT2D eigenvalue weighted by Gasteiger charge is -2.39. The van der Waals surface area contributed by atoms with Crippen LogP contribution in [0.5, 0.6) is 5.75 Å². The minimum atomic E-state index is -0.462. The Kier molecular flexibility index (Phi) is 4.54. The molecule has 1 saturated heterocycles. The van der Waals surface area contributed by atoms with E-state index < -0.39 is 5.60 Å². The van der Waals surface area contributed by atoms with E-state index in [1.807, 2.05) is 45.0 Å². The normalized spacial score (nSPS) is 17.9. The van der Waals surface area contributed by atoms with E-state index in [1.54, 1.807) is 4.90 Å². The van der Waals surface area contributed by atoms with Gasteiger partial charge in [-0.1, -0.05) is 6.07 Å². The Morgan fingerprint density at radius 3 is 2.45 bits per heavy atom. The van der Waals surface area contributed by atoms with Gasteiger partial charge in [0.1, 0.15) is 17.0 Å². The van der Waals surface area contributed by atoms with Gasteiger partial charge in [0.2, 0.25) is 0 Å². The molecular formula is C17H26N2O3. The number of ether oxygens (including phenoxy) is 2. The molecule has 1 amide bonds. The number of nitrogen functional groups attached to an aromatic ring is 1. The summed E-state index contributed by atoms with van der Waals surface area (Å²) in [4.78, 5) is 13.8. The number of likely N-dealkylation sites (tertiary alicyclic amines) is 1. The molecule has 22 heavy (non-hydrogen) atoms. The van der Waals surface area contributed by atoms with Gasteiger partial charge < -0.3 is 20.1 Å².